The monoisotopic (exact) mass is 322 g/mol. The highest BCUT2D eigenvalue weighted by molar-refractivity contribution is 5.95. The summed E-state index contributed by atoms with van der Waals surface area (Å²) in [4.78, 5) is 11.7. The summed E-state index contributed by atoms with van der Waals surface area (Å²) in [6.07, 6.45) is 8.63. The molecule has 2 heteroatoms. The topological polar surface area (TPSA) is 26.3 Å². The molecule has 0 amide bonds. The quantitative estimate of drug-likeness (QED) is 0.463. The van der Waals surface area contributed by atoms with Gasteiger partial charge in [-0.25, -0.2) is 0 Å². The minimum absolute atomic E-state index is 0.161. The van der Waals surface area contributed by atoms with Crippen molar-refractivity contribution >= 4 is 5.78 Å². The number of benzene rings is 2. The van der Waals surface area contributed by atoms with Gasteiger partial charge in [-0.3, -0.25) is 4.79 Å². The van der Waals surface area contributed by atoms with E-state index in [0.717, 1.165) is 17.1 Å². The Hall–Kier alpha value is -2.09. The van der Waals surface area contributed by atoms with Crippen molar-refractivity contribution in [1.82, 2.24) is 0 Å². The van der Waals surface area contributed by atoms with E-state index in [2.05, 4.69) is 24.3 Å². The predicted molar refractivity (Wildman–Crippen MR) is 98.0 cm³/mol. The van der Waals surface area contributed by atoms with E-state index in [1.807, 2.05) is 31.2 Å². The van der Waals surface area contributed by atoms with Gasteiger partial charge in [0.2, 0.25) is 0 Å². The molecule has 0 unspecified atom stereocenters. The number of carbonyl (C=O) groups excluding carboxylic acids is 1. The van der Waals surface area contributed by atoms with Gasteiger partial charge >= 0.3 is 0 Å². The second-order valence-corrected chi connectivity index (χ2v) is 6.66. The van der Waals surface area contributed by atoms with E-state index in [4.69, 9.17) is 4.74 Å². The Morgan fingerprint density at radius 1 is 0.875 bits per heavy atom. The van der Waals surface area contributed by atoms with Crippen molar-refractivity contribution in [3.05, 3.63) is 59.7 Å². The maximum Gasteiger partial charge on any atom is 0.162 e. The fourth-order valence-electron chi connectivity index (χ4n) is 3.47. The second-order valence-electron chi connectivity index (χ2n) is 6.66. The molecule has 1 fully saturated rings. The molecule has 0 bridgehead atoms. The molecule has 1 aliphatic carbocycles. The Morgan fingerprint density at radius 3 is 1.96 bits per heavy atom. The molecule has 0 heterocycles. The van der Waals surface area contributed by atoms with Gasteiger partial charge < -0.3 is 4.74 Å². The van der Waals surface area contributed by atoms with Gasteiger partial charge in [-0.05, 0) is 60.7 Å². The smallest absolute Gasteiger partial charge is 0.162 e. The van der Waals surface area contributed by atoms with Crippen LogP contribution in [0.5, 0.6) is 11.5 Å². The van der Waals surface area contributed by atoms with Crippen LogP contribution in [0.2, 0.25) is 0 Å². The molecule has 3 rings (SSSR count). The Labute approximate surface area is 144 Å². The van der Waals surface area contributed by atoms with Crippen LogP contribution in [0, 0.1) is 0 Å². The van der Waals surface area contributed by atoms with Crippen molar-refractivity contribution < 1.29 is 9.53 Å². The van der Waals surface area contributed by atoms with Crippen LogP contribution < -0.4 is 4.74 Å². The molecule has 0 N–H and O–H groups in total. The molecule has 0 aromatic heterocycles. The zero-order valence-corrected chi connectivity index (χ0v) is 14.5. The van der Waals surface area contributed by atoms with Crippen LogP contribution in [0.15, 0.2) is 48.5 Å². The number of ether oxygens (including phenoxy) is 1. The highest BCUT2D eigenvalue weighted by Gasteiger charge is 2.14. The molecule has 126 valence electrons. The third-order valence-electron chi connectivity index (χ3n) is 4.94. The first-order chi connectivity index (χ1) is 11.8. The van der Waals surface area contributed by atoms with E-state index < -0.39 is 0 Å². The lowest BCUT2D eigenvalue weighted by Crippen LogP contribution is -1.97. The van der Waals surface area contributed by atoms with E-state index in [1.54, 1.807) is 0 Å². The van der Waals surface area contributed by atoms with E-state index in [0.29, 0.717) is 12.3 Å². The molecule has 1 saturated carbocycles. The molecule has 24 heavy (non-hydrogen) atoms. The number of Topliss-reactive ketones (excluding diaryl/α,β-unsaturated/α-hetero) is 1. The summed E-state index contributed by atoms with van der Waals surface area (Å²) in [5, 5.41) is 0. The van der Waals surface area contributed by atoms with Crippen molar-refractivity contribution in [3.63, 3.8) is 0 Å². The van der Waals surface area contributed by atoms with E-state index in [-0.39, 0.29) is 5.78 Å². The average molecular weight is 322 g/mol. The van der Waals surface area contributed by atoms with Gasteiger partial charge in [-0.15, -0.1) is 0 Å². The number of hydrogen-bond acceptors (Lipinski definition) is 2. The molecule has 0 aliphatic heterocycles. The minimum atomic E-state index is 0.161. The molecule has 0 saturated heterocycles. The SMILES string of the molecule is CCC(=O)c1ccc(Oc2ccc(C3CCCCCC3)cc2)cc1. The maximum atomic E-state index is 11.7. The van der Waals surface area contributed by atoms with E-state index >= 15 is 0 Å². The Bertz CT molecular complexity index is 647. The first kappa shape index (κ1) is 16.8. The number of ketones is 1. The molecule has 2 nitrogen and oxygen atoms in total. The third-order valence-corrected chi connectivity index (χ3v) is 4.94. The molecular weight excluding hydrogens is 296 g/mol. The van der Waals surface area contributed by atoms with Gasteiger partial charge in [-0.2, -0.15) is 0 Å². The lowest BCUT2D eigenvalue weighted by Gasteiger charge is -2.15. The zero-order valence-electron chi connectivity index (χ0n) is 14.5. The van der Waals surface area contributed by atoms with Crippen molar-refractivity contribution in [2.24, 2.45) is 0 Å². The normalized spacial score (nSPS) is 15.7. The zero-order chi connectivity index (χ0) is 16.8. The Morgan fingerprint density at radius 2 is 1.42 bits per heavy atom. The Balaban J connectivity index is 1.64. The summed E-state index contributed by atoms with van der Waals surface area (Å²) in [5.74, 6) is 2.49. The molecule has 0 spiro atoms. The maximum absolute atomic E-state index is 11.7. The van der Waals surface area contributed by atoms with Gasteiger partial charge in [-0.1, -0.05) is 44.7 Å². The summed E-state index contributed by atoms with van der Waals surface area (Å²) in [7, 11) is 0. The molecule has 2 aromatic rings. The molecular formula is C22H26O2. The lowest BCUT2D eigenvalue weighted by molar-refractivity contribution is 0.0988. The van der Waals surface area contributed by atoms with Crippen molar-refractivity contribution in [1.29, 1.82) is 0 Å². The average Bonchev–Trinajstić information content (AvgIpc) is 2.92. The highest BCUT2D eigenvalue weighted by Crippen LogP contribution is 2.33. The van der Waals surface area contributed by atoms with Crippen LogP contribution in [0.25, 0.3) is 0 Å². The fourth-order valence-corrected chi connectivity index (χ4v) is 3.47. The van der Waals surface area contributed by atoms with Crippen LogP contribution >= 0.6 is 0 Å². The first-order valence-corrected chi connectivity index (χ1v) is 9.17. The minimum Gasteiger partial charge on any atom is -0.457 e. The summed E-state index contributed by atoms with van der Waals surface area (Å²) < 4.78 is 5.90. The first-order valence-electron chi connectivity index (χ1n) is 9.17. The van der Waals surface area contributed by atoms with Crippen LogP contribution in [0.3, 0.4) is 0 Å². The summed E-state index contributed by atoms with van der Waals surface area (Å²) >= 11 is 0. The highest BCUT2D eigenvalue weighted by atomic mass is 16.5. The van der Waals surface area contributed by atoms with Crippen molar-refractivity contribution in [2.75, 3.05) is 0 Å². The third kappa shape index (κ3) is 4.25. The van der Waals surface area contributed by atoms with E-state index in [9.17, 15) is 4.79 Å². The van der Waals surface area contributed by atoms with Crippen molar-refractivity contribution in [2.45, 2.75) is 57.8 Å². The van der Waals surface area contributed by atoms with Gasteiger partial charge in [0.05, 0.1) is 0 Å². The van der Waals surface area contributed by atoms with Crippen LogP contribution in [-0.2, 0) is 0 Å². The van der Waals surface area contributed by atoms with E-state index in [1.165, 1.54) is 44.1 Å². The van der Waals surface area contributed by atoms with Gasteiger partial charge in [0.1, 0.15) is 11.5 Å². The summed E-state index contributed by atoms with van der Waals surface area (Å²) in [6, 6.07) is 15.9. The van der Waals surface area contributed by atoms with Crippen LogP contribution in [0.4, 0.5) is 0 Å². The number of carbonyl (C=O) groups is 1. The number of hydrogen-bond donors (Lipinski definition) is 0. The molecule has 0 radical (unpaired) electrons. The van der Waals surface area contributed by atoms with Crippen molar-refractivity contribution in [3.8, 4) is 11.5 Å². The number of rotatable bonds is 5. The Kier molecular flexibility index (Phi) is 5.68. The van der Waals surface area contributed by atoms with Gasteiger partial charge in [0.25, 0.3) is 0 Å². The van der Waals surface area contributed by atoms with Crippen LogP contribution in [0.1, 0.15) is 73.7 Å². The fraction of sp³-hybridized carbons (Fsp3) is 0.409. The van der Waals surface area contributed by atoms with Gasteiger partial charge in [0, 0.05) is 12.0 Å². The summed E-state index contributed by atoms with van der Waals surface area (Å²) in [5.41, 5.74) is 2.18. The lowest BCUT2D eigenvalue weighted by atomic mass is 9.92. The molecule has 0 atom stereocenters. The molecule has 2 aromatic carbocycles. The van der Waals surface area contributed by atoms with Crippen LogP contribution in [-0.4, -0.2) is 5.78 Å². The largest absolute Gasteiger partial charge is 0.457 e. The molecule has 1 aliphatic rings. The summed E-state index contributed by atoms with van der Waals surface area (Å²) in [6.45, 7) is 1.88. The second kappa shape index (κ2) is 8.14. The van der Waals surface area contributed by atoms with Gasteiger partial charge in [0.15, 0.2) is 5.78 Å². The predicted octanol–water partition coefficient (Wildman–Crippen LogP) is 6.51. The standard InChI is InChI=1S/C22H26O2/c1-2-22(23)19-11-15-21(16-12-19)24-20-13-9-18(10-14-20)17-7-5-3-4-6-8-17/h9-17H,2-8H2,1H3.